The maximum Gasteiger partial charge on any atom is 0.223 e. The van der Waals surface area contributed by atoms with E-state index in [2.05, 4.69) is 37.9 Å². The van der Waals surface area contributed by atoms with Crippen molar-refractivity contribution in [3.05, 3.63) is 0 Å². The third-order valence-corrected chi connectivity index (χ3v) is 5.99. The largest absolute Gasteiger partial charge is 0.339 e. The molecule has 2 rings (SSSR count). The van der Waals surface area contributed by atoms with Crippen LogP contribution in [0.3, 0.4) is 0 Å². The number of nitrogens with one attached hydrogen (secondary N) is 1. The van der Waals surface area contributed by atoms with Gasteiger partial charge in [0.2, 0.25) is 5.91 Å². The van der Waals surface area contributed by atoms with E-state index in [0.29, 0.717) is 23.8 Å². The van der Waals surface area contributed by atoms with Gasteiger partial charge in [0.05, 0.1) is 0 Å². The van der Waals surface area contributed by atoms with Gasteiger partial charge in [0.15, 0.2) is 0 Å². The van der Waals surface area contributed by atoms with Crippen LogP contribution in [0.2, 0.25) is 0 Å². The molecule has 4 heteroatoms. The van der Waals surface area contributed by atoms with Crippen molar-refractivity contribution >= 4 is 18.3 Å². The SMILES string of the molecule is CC1CCC(C(C)C)N(C(=O)CC(C)C2CCNCC2)CC1.Cl. The summed E-state index contributed by atoms with van der Waals surface area (Å²) in [5.41, 5.74) is 0. The van der Waals surface area contributed by atoms with Gasteiger partial charge in [0.1, 0.15) is 0 Å². The van der Waals surface area contributed by atoms with Crippen molar-refractivity contribution in [3.8, 4) is 0 Å². The molecular weight excluding hydrogens is 308 g/mol. The maximum atomic E-state index is 12.9. The number of likely N-dealkylation sites (tertiary alicyclic amines) is 1. The fourth-order valence-electron chi connectivity index (χ4n) is 4.26. The Bertz CT molecular complexity index is 355. The molecule has 0 aromatic carbocycles. The van der Waals surface area contributed by atoms with Crippen LogP contribution in [0, 0.1) is 23.7 Å². The Labute approximate surface area is 149 Å². The summed E-state index contributed by atoms with van der Waals surface area (Å²) in [5, 5.41) is 3.43. The third kappa shape index (κ3) is 5.94. The van der Waals surface area contributed by atoms with E-state index in [1.165, 1.54) is 32.1 Å². The van der Waals surface area contributed by atoms with E-state index in [1.807, 2.05) is 0 Å². The van der Waals surface area contributed by atoms with Crippen molar-refractivity contribution in [2.24, 2.45) is 23.7 Å². The van der Waals surface area contributed by atoms with Crippen molar-refractivity contribution in [3.63, 3.8) is 0 Å². The molecule has 0 aliphatic carbocycles. The molecule has 2 saturated heterocycles. The smallest absolute Gasteiger partial charge is 0.223 e. The number of carbonyl (C=O) groups excluding carboxylic acids is 1. The van der Waals surface area contributed by atoms with Gasteiger partial charge in [-0.2, -0.15) is 0 Å². The van der Waals surface area contributed by atoms with Crippen LogP contribution < -0.4 is 5.32 Å². The van der Waals surface area contributed by atoms with E-state index in [4.69, 9.17) is 0 Å². The lowest BCUT2D eigenvalue weighted by molar-refractivity contribution is -0.135. The lowest BCUT2D eigenvalue weighted by atomic mass is 9.83. The zero-order valence-electron chi connectivity index (χ0n) is 15.5. The van der Waals surface area contributed by atoms with Crippen LogP contribution in [-0.2, 0) is 4.79 Å². The van der Waals surface area contributed by atoms with Crippen LogP contribution in [0.25, 0.3) is 0 Å². The molecule has 2 heterocycles. The Hall–Kier alpha value is -0.280. The predicted molar refractivity (Wildman–Crippen MR) is 100.0 cm³/mol. The molecule has 0 aromatic rings. The molecule has 0 aromatic heterocycles. The minimum Gasteiger partial charge on any atom is -0.339 e. The predicted octanol–water partition coefficient (Wildman–Crippen LogP) is 4.11. The summed E-state index contributed by atoms with van der Waals surface area (Å²) in [7, 11) is 0. The van der Waals surface area contributed by atoms with Crippen LogP contribution in [0.5, 0.6) is 0 Å². The lowest BCUT2D eigenvalue weighted by Gasteiger charge is -2.35. The monoisotopic (exact) mass is 344 g/mol. The minimum absolute atomic E-state index is 0. The summed E-state index contributed by atoms with van der Waals surface area (Å²) in [6, 6.07) is 0.456. The van der Waals surface area contributed by atoms with Crippen LogP contribution in [0.4, 0.5) is 0 Å². The van der Waals surface area contributed by atoms with Crippen molar-refractivity contribution in [2.75, 3.05) is 19.6 Å². The topological polar surface area (TPSA) is 32.3 Å². The van der Waals surface area contributed by atoms with E-state index < -0.39 is 0 Å². The summed E-state index contributed by atoms with van der Waals surface area (Å²) in [4.78, 5) is 15.2. The molecule has 3 atom stereocenters. The summed E-state index contributed by atoms with van der Waals surface area (Å²) >= 11 is 0. The van der Waals surface area contributed by atoms with Gasteiger partial charge in [-0.25, -0.2) is 0 Å². The van der Waals surface area contributed by atoms with Crippen molar-refractivity contribution in [2.45, 2.75) is 72.3 Å². The molecule has 1 N–H and O–H groups in total. The van der Waals surface area contributed by atoms with E-state index in [1.54, 1.807) is 0 Å². The van der Waals surface area contributed by atoms with Crippen molar-refractivity contribution < 1.29 is 4.79 Å². The van der Waals surface area contributed by atoms with Gasteiger partial charge in [-0.15, -0.1) is 12.4 Å². The van der Waals surface area contributed by atoms with Gasteiger partial charge in [0, 0.05) is 19.0 Å². The van der Waals surface area contributed by atoms with Gasteiger partial charge >= 0.3 is 0 Å². The fourth-order valence-corrected chi connectivity index (χ4v) is 4.26. The number of nitrogens with zero attached hydrogens (tertiary/aromatic N) is 1. The Morgan fingerprint density at radius 1 is 1.09 bits per heavy atom. The Morgan fingerprint density at radius 2 is 1.74 bits per heavy atom. The fraction of sp³-hybridized carbons (Fsp3) is 0.947. The molecule has 1 amide bonds. The van der Waals surface area contributed by atoms with Crippen LogP contribution in [0.1, 0.15) is 66.2 Å². The van der Waals surface area contributed by atoms with Crippen LogP contribution in [0.15, 0.2) is 0 Å². The quantitative estimate of drug-likeness (QED) is 0.832. The van der Waals surface area contributed by atoms with Crippen LogP contribution >= 0.6 is 12.4 Å². The summed E-state index contributed by atoms with van der Waals surface area (Å²) in [6.45, 7) is 12.4. The zero-order valence-corrected chi connectivity index (χ0v) is 16.3. The molecule has 0 saturated carbocycles. The number of hydrogen-bond acceptors (Lipinski definition) is 2. The maximum absolute atomic E-state index is 12.9. The summed E-state index contributed by atoms with van der Waals surface area (Å²) < 4.78 is 0. The highest BCUT2D eigenvalue weighted by Crippen LogP contribution is 2.29. The first-order valence-corrected chi connectivity index (χ1v) is 9.49. The van der Waals surface area contributed by atoms with Gasteiger partial charge in [-0.1, -0.05) is 27.7 Å². The van der Waals surface area contributed by atoms with Gasteiger partial charge in [0.25, 0.3) is 0 Å². The van der Waals surface area contributed by atoms with Gasteiger partial charge < -0.3 is 10.2 Å². The van der Waals surface area contributed by atoms with E-state index in [-0.39, 0.29) is 12.4 Å². The second-order valence-electron chi connectivity index (χ2n) is 8.14. The highest BCUT2D eigenvalue weighted by Gasteiger charge is 2.31. The molecule has 136 valence electrons. The number of amides is 1. The molecule has 2 aliphatic rings. The average molecular weight is 345 g/mol. The average Bonchev–Trinajstić information content (AvgIpc) is 2.70. The molecular formula is C19H37ClN2O. The number of rotatable bonds is 4. The number of carbonyl (C=O) groups is 1. The first-order chi connectivity index (χ1) is 10.5. The molecule has 3 nitrogen and oxygen atoms in total. The minimum atomic E-state index is 0. The van der Waals surface area contributed by atoms with E-state index in [0.717, 1.165) is 37.9 Å². The van der Waals surface area contributed by atoms with Crippen LogP contribution in [-0.4, -0.2) is 36.5 Å². The van der Waals surface area contributed by atoms with E-state index in [9.17, 15) is 4.79 Å². The van der Waals surface area contributed by atoms with E-state index >= 15 is 0 Å². The van der Waals surface area contributed by atoms with Crippen molar-refractivity contribution in [1.29, 1.82) is 0 Å². The van der Waals surface area contributed by atoms with Gasteiger partial charge in [-0.3, -0.25) is 4.79 Å². The molecule has 23 heavy (non-hydrogen) atoms. The standard InChI is InChI=1S/C19H36N2O.ClH/c1-14(2)18-6-5-15(3)9-12-21(18)19(22)13-16(4)17-7-10-20-11-8-17;/h14-18,20H,5-13H2,1-4H3;1H. The second-order valence-corrected chi connectivity index (χ2v) is 8.14. The Kier molecular flexibility index (Phi) is 8.92. The summed E-state index contributed by atoms with van der Waals surface area (Å²) in [6.07, 6.45) is 6.86. The molecule has 0 radical (unpaired) electrons. The highest BCUT2D eigenvalue weighted by atomic mass is 35.5. The lowest BCUT2D eigenvalue weighted by Crippen LogP contribution is -2.44. The number of hydrogen-bond donors (Lipinski definition) is 1. The summed E-state index contributed by atoms with van der Waals surface area (Å²) in [5.74, 6) is 3.01. The molecule has 0 spiro atoms. The number of halogens is 1. The number of piperidine rings is 1. The molecule has 2 aliphatic heterocycles. The first kappa shape index (κ1) is 20.8. The Morgan fingerprint density at radius 3 is 2.35 bits per heavy atom. The Balaban J connectivity index is 0.00000264. The molecule has 2 fully saturated rings. The second kappa shape index (κ2) is 9.88. The molecule has 0 bridgehead atoms. The first-order valence-electron chi connectivity index (χ1n) is 9.49. The third-order valence-electron chi connectivity index (χ3n) is 5.99. The normalized spacial score (nSPS) is 28.1. The van der Waals surface area contributed by atoms with Crippen molar-refractivity contribution in [1.82, 2.24) is 10.2 Å². The zero-order chi connectivity index (χ0) is 16.1. The molecule has 3 unspecified atom stereocenters. The van der Waals surface area contributed by atoms with Gasteiger partial charge in [-0.05, 0) is 68.9 Å². The highest BCUT2D eigenvalue weighted by molar-refractivity contribution is 5.85.